The highest BCUT2D eigenvalue weighted by Crippen LogP contribution is 2.20. The Bertz CT molecular complexity index is 796. The van der Waals surface area contributed by atoms with Crippen LogP contribution in [0.15, 0.2) is 54.6 Å². The van der Waals surface area contributed by atoms with Gasteiger partial charge in [-0.3, -0.25) is 9.78 Å². The highest BCUT2D eigenvalue weighted by molar-refractivity contribution is 5.85. The van der Waals surface area contributed by atoms with Gasteiger partial charge in [0.15, 0.2) is 6.29 Å². The topological polar surface area (TPSA) is 42.0 Å². The molecule has 0 saturated heterocycles. The van der Waals surface area contributed by atoms with E-state index in [1.807, 2.05) is 37.3 Å². The fourth-order valence-corrected chi connectivity index (χ4v) is 2.40. The second-order valence-corrected chi connectivity index (χ2v) is 5.00. The van der Waals surface area contributed by atoms with Gasteiger partial charge in [-0.05, 0) is 30.7 Å². The van der Waals surface area contributed by atoms with Crippen molar-refractivity contribution >= 4 is 22.9 Å². The van der Waals surface area contributed by atoms with Crippen molar-refractivity contribution in [2.75, 3.05) is 5.32 Å². The number of anilines is 1. The number of carbonyl (C=O) groups excluding carboxylic acids is 1. The number of hydrogen-bond acceptors (Lipinski definition) is 3. The van der Waals surface area contributed by atoms with E-state index in [0.29, 0.717) is 12.1 Å². The number of aldehydes is 1. The summed E-state index contributed by atoms with van der Waals surface area (Å²) >= 11 is 0. The van der Waals surface area contributed by atoms with Crippen molar-refractivity contribution in [2.24, 2.45) is 0 Å². The number of benzene rings is 2. The summed E-state index contributed by atoms with van der Waals surface area (Å²) in [7, 11) is 0. The van der Waals surface area contributed by atoms with E-state index in [2.05, 4.69) is 28.5 Å². The van der Waals surface area contributed by atoms with Gasteiger partial charge in [-0.1, -0.05) is 36.4 Å². The molecule has 21 heavy (non-hydrogen) atoms. The molecule has 0 radical (unpaired) electrons. The highest BCUT2D eigenvalue weighted by atomic mass is 16.1. The van der Waals surface area contributed by atoms with Crippen LogP contribution in [0, 0.1) is 6.92 Å². The Morgan fingerprint density at radius 3 is 2.76 bits per heavy atom. The number of aromatic nitrogens is 1. The molecule has 0 amide bonds. The summed E-state index contributed by atoms with van der Waals surface area (Å²) in [5.41, 5.74) is 4.65. The van der Waals surface area contributed by atoms with Crippen molar-refractivity contribution in [1.29, 1.82) is 0 Å². The molecule has 1 aromatic heterocycles. The summed E-state index contributed by atoms with van der Waals surface area (Å²) in [6.07, 6.45) is 0.869. The summed E-state index contributed by atoms with van der Waals surface area (Å²) < 4.78 is 0. The molecule has 0 aliphatic carbocycles. The van der Waals surface area contributed by atoms with Crippen molar-refractivity contribution in [3.05, 3.63) is 71.4 Å². The number of nitrogens with one attached hydrogen (secondary N) is 1. The Balaban J connectivity index is 1.92. The standard InChI is InChI=1S/C18H16N2O/c1-13-9-10-14-6-4-7-15(18(14)20-13)11-19-17-8-3-2-5-16(17)12-21/h2-10,12,19H,11H2,1H3. The van der Waals surface area contributed by atoms with Crippen molar-refractivity contribution in [3.8, 4) is 0 Å². The number of hydrogen-bond donors (Lipinski definition) is 1. The third-order valence-corrected chi connectivity index (χ3v) is 3.50. The van der Waals surface area contributed by atoms with E-state index >= 15 is 0 Å². The monoisotopic (exact) mass is 276 g/mol. The zero-order valence-electron chi connectivity index (χ0n) is 11.8. The van der Waals surface area contributed by atoms with Gasteiger partial charge in [0.2, 0.25) is 0 Å². The first-order valence-corrected chi connectivity index (χ1v) is 6.91. The number of nitrogens with zero attached hydrogens (tertiary/aromatic N) is 1. The van der Waals surface area contributed by atoms with Crippen molar-refractivity contribution in [2.45, 2.75) is 13.5 Å². The number of fused-ring (bicyclic) bond motifs is 1. The zero-order valence-corrected chi connectivity index (χ0v) is 11.8. The summed E-state index contributed by atoms with van der Waals surface area (Å²) in [6.45, 7) is 2.63. The molecule has 1 heterocycles. The molecule has 0 aliphatic rings. The van der Waals surface area contributed by atoms with Crippen LogP contribution in [-0.4, -0.2) is 11.3 Å². The Labute approximate surface area is 123 Å². The molecular weight excluding hydrogens is 260 g/mol. The molecule has 0 unspecified atom stereocenters. The Morgan fingerprint density at radius 1 is 1.05 bits per heavy atom. The zero-order chi connectivity index (χ0) is 14.7. The molecule has 0 saturated carbocycles. The van der Waals surface area contributed by atoms with Crippen molar-refractivity contribution < 1.29 is 4.79 Å². The van der Waals surface area contributed by atoms with E-state index in [0.717, 1.165) is 34.1 Å². The average Bonchev–Trinajstić information content (AvgIpc) is 2.53. The number of carbonyl (C=O) groups is 1. The van der Waals surface area contributed by atoms with Gasteiger partial charge in [0.05, 0.1) is 5.52 Å². The van der Waals surface area contributed by atoms with Crippen molar-refractivity contribution in [1.82, 2.24) is 4.98 Å². The highest BCUT2D eigenvalue weighted by Gasteiger charge is 2.04. The molecule has 0 atom stereocenters. The Hall–Kier alpha value is -2.68. The summed E-state index contributed by atoms with van der Waals surface area (Å²) in [5, 5.41) is 4.45. The van der Waals surface area contributed by atoms with Crippen LogP contribution in [0.25, 0.3) is 10.9 Å². The first kappa shape index (κ1) is 13.3. The molecule has 0 bridgehead atoms. The van der Waals surface area contributed by atoms with Gasteiger partial charge in [0.25, 0.3) is 0 Å². The van der Waals surface area contributed by atoms with Gasteiger partial charge in [-0.2, -0.15) is 0 Å². The first-order valence-electron chi connectivity index (χ1n) is 6.91. The molecule has 0 aliphatic heterocycles. The maximum atomic E-state index is 11.0. The Kier molecular flexibility index (Phi) is 3.65. The van der Waals surface area contributed by atoms with Gasteiger partial charge in [-0.25, -0.2) is 0 Å². The van der Waals surface area contributed by atoms with Crippen LogP contribution in [0.1, 0.15) is 21.6 Å². The molecule has 3 heteroatoms. The van der Waals surface area contributed by atoms with E-state index in [1.54, 1.807) is 6.07 Å². The summed E-state index contributed by atoms with van der Waals surface area (Å²) in [4.78, 5) is 15.7. The van der Waals surface area contributed by atoms with E-state index in [-0.39, 0.29) is 0 Å². The minimum Gasteiger partial charge on any atom is -0.380 e. The van der Waals surface area contributed by atoms with E-state index in [4.69, 9.17) is 0 Å². The third-order valence-electron chi connectivity index (χ3n) is 3.50. The van der Waals surface area contributed by atoms with Gasteiger partial charge < -0.3 is 5.32 Å². The van der Waals surface area contributed by atoms with Crippen LogP contribution in [0.5, 0.6) is 0 Å². The quantitative estimate of drug-likeness (QED) is 0.733. The molecule has 3 nitrogen and oxygen atoms in total. The molecule has 104 valence electrons. The van der Waals surface area contributed by atoms with E-state index in [9.17, 15) is 4.79 Å². The predicted molar refractivity (Wildman–Crippen MR) is 85.6 cm³/mol. The molecule has 0 spiro atoms. The van der Waals surface area contributed by atoms with Crippen LogP contribution in [-0.2, 0) is 6.54 Å². The van der Waals surface area contributed by atoms with Crippen LogP contribution in [0.4, 0.5) is 5.69 Å². The lowest BCUT2D eigenvalue weighted by Gasteiger charge is -2.10. The van der Waals surface area contributed by atoms with Gasteiger partial charge in [0.1, 0.15) is 0 Å². The van der Waals surface area contributed by atoms with Crippen LogP contribution >= 0.6 is 0 Å². The fraction of sp³-hybridized carbons (Fsp3) is 0.111. The van der Waals surface area contributed by atoms with Crippen molar-refractivity contribution in [3.63, 3.8) is 0 Å². The maximum Gasteiger partial charge on any atom is 0.152 e. The number of pyridine rings is 1. The lowest BCUT2D eigenvalue weighted by Crippen LogP contribution is -2.03. The largest absolute Gasteiger partial charge is 0.380 e. The average molecular weight is 276 g/mol. The SMILES string of the molecule is Cc1ccc2cccc(CNc3ccccc3C=O)c2n1. The van der Waals surface area contributed by atoms with Crippen LogP contribution < -0.4 is 5.32 Å². The number of rotatable bonds is 4. The molecule has 2 aromatic carbocycles. The van der Waals surface area contributed by atoms with E-state index in [1.165, 1.54) is 0 Å². The summed E-state index contributed by atoms with van der Waals surface area (Å²) in [5.74, 6) is 0. The molecule has 0 fully saturated rings. The lowest BCUT2D eigenvalue weighted by molar-refractivity contribution is 0.112. The molecule has 3 aromatic rings. The number of para-hydroxylation sites is 2. The Morgan fingerprint density at radius 2 is 1.90 bits per heavy atom. The van der Waals surface area contributed by atoms with Gasteiger partial charge in [0, 0.05) is 28.9 Å². The van der Waals surface area contributed by atoms with Crippen LogP contribution in [0.3, 0.4) is 0 Å². The molecular formula is C18H16N2O. The van der Waals surface area contributed by atoms with Crippen LogP contribution in [0.2, 0.25) is 0 Å². The first-order chi connectivity index (χ1) is 10.3. The maximum absolute atomic E-state index is 11.0. The lowest BCUT2D eigenvalue weighted by atomic mass is 10.1. The fourth-order valence-electron chi connectivity index (χ4n) is 2.40. The molecule has 1 N–H and O–H groups in total. The second-order valence-electron chi connectivity index (χ2n) is 5.00. The van der Waals surface area contributed by atoms with Gasteiger partial charge in [-0.15, -0.1) is 0 Å². The molecule has 3 rings (SSSR count). The smallest absolute Gasteiger partial charge is 0.152 e. The van der Waals surface area contributed by atoms with Gasteiger partial charge >= 0.3 is 0 Å². The minimum absolute atomic E-state index is 0.638. The minimum atomic E-state index is 0.638. The second kappa shape index (κ2) is 5.75. The number of aryl methyl sites for hydroxylation is 1. The normalized spacial score (nSPS) is 10.5. The summed E-state index contributed by atoms with van der Waals surface area (Å²) in [6, 6.07) is 17.7. The van der Waals surface area contributed by atoms with E-state index < -0.39 is 0 Å². The third kappa shape index (κ3) is 2.77. The predicted octanol–water partition coefficient (Wildman–Crippen LogP) is 3.97.